The third kappa shape index (κ3) is 4.66. The Morgan fingerprint density at radius 1 is 1.00 bits per heavy atom. The number of anilines is 1. The Morgan fingerprint density at radius 3 is 2.38 bits per heavy atom. The first-order chi connectivity index (χ1) is 12.4. The highest BCUT2D eigenvalue weighted by atomic mass is 35.5. The molecule has 1 N–H and O–H groups in total. The van der Waals surface area contributed by atoms with E-state index in [0.717, 1.165) is 24.7 Å². The average Bonchev–Trinajstić information content (AvgIpc) is 2.61. The molecular weight excluding hydrogens is 383 g/mol. The van der Waals surface area contributed by atoms with Crippen molar-refractivity contribution in [1.29, 1.82) is 0 Å². The molecule has 0 aromatic heterocycles. The van der Waals surface area contributed by atoms with E-state index in [2.05, 4.69) is 10.2 Å². The van der Waals surface area contributed by atoms with Crippen molar-refractivity contribution in [3.8, 4) is 0 Å². The summed E-state index contributed by atoms with van der Waals surface area (Å²) in [5.41, 5.74) is 1.10. The van der Waals surface area contributed by atoms with Gasteiger partial charge < -0.3 is 10.2 Å². The van der Waals surface area contributed by atoms with Crippen LogP contribution in [0.1, 0.15) is 5.56 Å². The molecule has 0 amide bonds. The van der Waals surface area contributed by atoms with Gasteiger partial charge in [0, 0.05) is 38.8 Å². The van der Waals surface area contributed by atoms with Crippen LogP contribution >= 0.6 is 23.8 Å². The van der Waals surface area contributed by atoms with E-state index in [0.29, 0.717) is 24.7 Å². The number of nitrogens with zero attached hydrogens (tertiary/aromatic N) is 2. The van der Waals surface area contributed by atoms with Gasteiger partial charge in [-0.2, -0.15) is 0 Å². The molecule has 0 spiro atoms. The molecule has 138 valence electrons. The third-order valence-corrected chi connectivity index (χ3v) is 4.87. The van der Waals surface area contributed by atoms with Crippen molar-refractivity contribution in [3.63, 3.8) is 0 Å². The fourth-order valence-electron chi connectivity index (χ4n) is 2.79. The van der Waals surface area contributed by atoms with Crippen molar-refractivity contribution in [3.05, 3.63) is 64.4 Å². The molecule has 3 nitrogen and oxygen atoms in total. The van der Waals surface area contributed by atoms with E-state index in [1.165, 1.54) is 18.2 Å². The monoisotopic (exact) mass is 399 g/mol. The molecule has 0 atom stereocenters. The topological polar surface area (TPSA) is 18.5 Å². The lowest BCUT2D eigenvalue weighted by atomic mass is 10.2. The first kappa shape index (κ1) is 18.9. The predicted molar refractivity (Wildman–Crippen MR) is 101 cm³/mol. The maximum absolute atomic E-state index is 13.7. The molecule has 0 saturated carbocycles. The van der Waals surface area contributed by atoms with Crippen LogP contribution in [0.15, 0.2) is 36.4 Å². The quantitative estimate of drug-likeness (QED) is 0.776. The van der Waals surface area contributed by atoms with Crippen molar-refractivity contribution in [2.45, 2.75) is 6.54 Å². The molecule has 0 unspecified atom stereocenters. The van der Waals surface area contributed by atoms with E-state index in [1.54, 1.807) is 12.1 Å². The number of piperazine rings is 1. The van der Waals surface area contributed by atoms with Gasteiger partial charge in [-0.05, 0) is 42.0 Å². The molecule has 1 aliphatic rings. The predicted octanol–water partition coefficient (Wildman–Crippen LogP) is 4.27. The van der Waals surface area contributed by atoms with Crippen LogP contribution in [0.3, 0.4) is 0 Å². The van der Waals surface area contributed by atoms with Crippen LogP contribution < -0.4 is 5.32 Å². The van der Waals surface area contributed by atoms with Gasteiger partial charge in [0.1, 0.15) is 17.5 Å². The van der Waals surface area contributed by atoms with Crippen LogP contribution in [0.5, 0.6) is 0 Å². The minimum atomic E-state index is -0.681. The smallest absolute Gasteiger partial charge is 0.173 e. The lowest BCUT2D eigenvalue weighted by Gasteiger charge is -2.36. The first-order valence-electron chi connectivity index (χ1n) is 8.09. The van der Waals surface area contributed by atoms with Crippen molar-refractivity contribution in [2.24, 2.45) is 0 Å². The molecule has 1 fully saturated rings. The van der Waals surface area contributed by atoms with Gasteiger partial charge in [-0.25, -0.2) is 13.2 Å². The molecule has 8 heteroatoms. The molecule has 2 aromatic rings. The maximum atomic E-state index is 13.7. The van der Waals surface area contributed by atoms with Crippen molar-refractivity contribution in [1.82, 2.24) is 9.80 Å². The third-order valence-electron chi connectivity index (χ3n) is 4.22. The molecule has 0 aliphatic carbocycles. The van der Waals surface area contributed by atoms with E-state index >= 15 is 0 Å². The molecule has 1 saturated heterocycles. The van der Waals surface area contributed by atoms with Crippen LogP contribution in [0.4, 0.5) is 18.9 Å². The molecule has 1 heterocycles. The van der Waals surface area contributed by atoms with Gasteiger partial charge >= 0.3 is 0 Å². The minimum absolute atomic E-state index is 0.118. The van der Waals surface area contributed by atoms with Gasteiger partial charge in [-0.3, -0.25) is 4.90 Å². The summed E-state index contributed by atoms with van der Waals surface area (Å²) < 4.78 is 39.9. The summed E-state index contributed by atoms with van der Waals surface area (Å²) in [4.78, 5) is 4.15. The standard InChI is InChI=1S/C18H17ClF3N3S/c19-14-9-12(1-3-15(14)21)11-24-5-7-25(8-6-24)18(26)23-17-4-2-13(20)10-16(17)22/h1-4,9-10H,5-8,11H2,(H,23,26). The number of hydrogen-bond donors (Lipinski definition) is 1. The number of thiocarbonyl (C=S) groups is 1. The molecule has 0 radical (unpaired) electrons. The summed E-state index contributed by atoms with van der Waals surface area (Å²) in [6, 6.07) is 8.04. The second-order valence-electron chi connectivity index (χ2n) is 6.07. The molecular formula is C18H17ClF3N3S. The molecule has 0 bridgehead atoms. The van der Waals surface area contributed by atoms with E-state index in [1.807, 2.05) is 4.90 Å². The molecule has 2 aromatic carbocycles. The highest BCUT2D eigenvalue weighted by molar-refractivity contribution is 7.80. The summed E-state index contributed by atoms with van der Waals surface area (Å²) in [6.07, 6.45) is 0. The Labute approximate surface area is 160 Å². The van der Waals surface area contributed by atoms with Gasteiger partial charge in [0.05, 0.1) is 10.7 Å². The Bertz CT molecular complexity index is 810. The lowest BCUT2D eigenvalue weighted by molar-refractivity contribution is 0.177. The summed E-state index contributed by atoms with van der Waals surface area (Å²) >= 11 is 11.1. The summed E-state index contributed by atoms with van der Waals surface area (Å²) in [6.45, 7) is 3.51. The van der Waals surface area contributed by atoms with E-state index < -0.39 is 17.5 Å². The molecule has 26 heavy (non-hydrogen) atoms. The van der Waals surface area contributed by atoms with Crippen molar-refractivity contribution in [2.75, 3.05) is 31.5 Å². The highest BCUT2D eigenvalue weighted by Crippen LogP contribution is 2.19. The summed E-state index contributed by atoms with van der Waals surface area (Å²) in [7, 11) is 0. The zero-order valence-electron chi connectivity index (χ0n) is 13.8. The Hall–Kier alpha value is -1.83. The zero-order chi connectivity index (χ0) is 18.7. The highest BCUT2D eigenvalue weighted by Gasteiger charge is 2.20. The number of hydrogen-bond acceptors (Lipinski definition) is 2. The van der Waals surface area contributed by atoms with Crippen molar-refractivity contribution >= 4 is 34.6 Å². The van der Waals surface area contributed by atoms with Gasteiger partial charge in [-0.15, -0.1) is 0 Å². The SMILES string of the molecule is Fc1ccc(NC(=S)N2CCN(Cc3ccc(F)c(Cl)c3)CC2)c(F)c1. The van der Waals surface area contributed by atoms with Gasteiger partial charge in [0.15, 0.2) is 5.11 Å². The summed E-state index contributed by atoms with van der Waals surface area (Å²) in [5, 5.41) is 3.34. The number of benzene rings is 2. The normalized spacial score (nSPS) is 15.2. The Balaban J connectivity index is 1.52. The van der Waals surface area contributed by atoms with Crippen LogP contribution in [0.25, 0.3) is 0 Å². The number of halogens is 4. The Kier molecular flexibility index (Phi) is 6.01. The van der Waals surface area contributed by atoms with Crippen LogP contribution in [0, 0.1) is 17.5 Å². The second-order valence-corrected chi connectivity index (χ2v) is 6.86. The molecule has 1 aliphatic heterocycles. The van der Waals surface area contributed by atoms with Crippen LogP contribution in [-0.2, 0) is 6.54 Å². The second kappa shape index (κ2) is 8.24. The number of rotatable bonds is 3. The van der Waals surface area contributed by atoms with Gasteiger partial charge in [0.25, 0.3) is 0 Å². The minimum Gasteiger partial charge on any atom is -0.346 e. The van der Waals surface area contributed by atoms with E-state index in [9.17, 15) is 13.2 Å². The van der Waals surface area contributed by atoms with Gasteiger partial charge in [-0.1, -0.05) is 17.7 Å². The largest absolute Gasteiger partial charge is 0.346 e. The van der Waals surface area contributed by atoms with Crippen LogP contribution in [0.2, 0.25) is 5.02 Å². The van der Waals surface area contributed by atoms with Gasteiger partial charge in [0.2, 0.25) is 0 Å². The van der Waals surface area contributed by atoms with Crippen LogP contribution in [-0.4, -0.2) is 41.1 Å². The average molecular weight is 400 g/mol. The maximum Gasteiger partial charge on any atom is 0.173 e. The van der Waals surface area contributed by atoms with E-state index in [-0.39, 0.29) is 10.7 Å². The van der Waals surface area contributed by atoms with E-state index in [4.69, 9.17) is 23.8 Å². The van der Waals surface area contributed by atoms with Crippen molar-refractivity contribution < 1.29 is 13.2 Å². The molecule has 3 rings (SSSR count). The zero-order valence-corrected chi connectivity index (χ0v) is 15.4. The summed E-state index contributed by atoms with van der Waals surface area (Å²) in [5.74, 6) is -1.74. The fraction of sp³-hybridized carbons (Fsp3) is 0.278. The first-order valence-corrected chi connectivity index (χ1v) is 8.88. The number of nitrogens with one attached hydrogen (secondary N) is 1. The lowest BCUT2D eigenvalue weighted by Crippen LogP contribution is -2.49. The Morgan fingerprint density at radius 2 is 1.73 bits per heavy atom. The fourth-order valence-corrected chi connectivity index (χ4v) is 3.29.